The van der Waals surface area contributed by atoms with Gasteiger partial charge in [0.1, 0.15) is 11.5 Å². The van der Waals surface area contributed by atoms with E-state index < -0.39 is 26.6 Å². The molecule has 0 bridgehead atoms. The minimum Gasteiger partial charge on any atom is -0.488 e. The number of nitrogens with two attached hydrogens (primary N) is 1. The summed E-state index contributed by atoms with van der Waals surface area (Å²) in [6.45, 7) is 2.00. The van der Waals surface area contributed by atoms with Crippen LogP contribution in [-0.4, -0.2) is 27.2 Å². The van der Waals surface area contributed by atoms with Gasteiger partial charge in [-0.1, -0.05) is 0 Å². The fourth-order valence-electron chi connectivity index (χ4n) is 2.04. The second-order valence-corrected chi connectivity index (χ2v) is 6.22. The molecule has 20 heavy (non-hydrogen) atoms. The van der Waals surface area contributed by atoms with E-state index in [0.717, 1.165) is 25.0 Å². The van der Waals surface area contributed by atoms with Crippen LogP contribution in [0.5, 0.6) is 5.75 Å². The fourth-order valence-corrected chi connectivity index (χ4v) is 2.63. The van der Waals surface area contributed by atoms with Crippen LogP contribution in [0.25, 0.3) is 0 Å². The van der Waals surface area contributed by atoms with Gasteiger partial charge in [-0.15, -0.1) is 0 Å². The number of primary sulfonamides is 1. The monoisotopic (exact) mass is 307 g/mol. The Morgan fingerprint density at radius 1 is 1.35 bits per heavy atom. The molecule has 1 aromatic carbocycles. The van der Waals surface area contributed by atoms with Crippen LogP contribution < -0.4 is 9.88 Å². The van der Waals surface area contributed by atoms with E-state index in [1.165, 1.54) is 0 Å². The average Bonchev–Trinajstić information content (AvgIpc) is 2.75. The van der Waals surface area contributed by atoms with Gasteiger partial charge in [0.2, 0.25) is 15.8 Å². The van der Waals surface area contributed by atoms with E-state index >= 15 is 0 Å². The molecule has 112 valence electrons. The van der Waals surface area contributed by atoms with Gasteiger partial charge in [-0.05, 0) is 31.9 Å². The molecule has 0 amide bonds. The van der Waals surface area contributed by atoms with Crippen molar-refractivity contribution < 1.29 is 26.7 Å². The highest BCUT2D eigenvalue weighted by molar-refractivity contribution is 7.89. The predicted molar refractivity (Wildman–Crippen MR) is 66.8 cm³/mol. The number of halogens is 2. The van der Waals surface area contributed by atoms with Crippen molar-refractivity contribution in [3.63, 3.8) is 0 Å². The predicted octanol–water partition coefficient (Wildman–Crippen LogP) is 1.56. The molecule has 0 aliphatic carbocycles. The SMILES string of the molecule is CC1CCC(COc2ccc(S(N)(=O)=O)c(F)c2F)O1. The molecule has 2 unspecified atom stereocenters. The molecule has 8 heteroatoms. The Labute approximate surface area is 115 Å². The zero-order valence-corrected chi connectivity index (χ0v) is 11.6. The van der Waals surface area contributed by atoms with E-state index in [9.17, 15) is 17.2 Å². The van der Waals surface area contributed by atoms with E-state index in [0.29, 0.717) is 0 Å². The molecule has 1 aliphatic heterocycles. The molecular weight excluding hydrogens is 292 g/mol. The lowest BCUT2D eigenvalue weighted by molar-refractivity contribution is 0.0254. The molecule has 0 spiro atoms. The molecule has 1 saturated heterocycles. The maximum atomic E-state index is 13.7. The number of benzene rings is 1. The lowest BCUT2D eigenvalue weighted by Gasteiger charge is -2.14. The third-order valence-corrected chi connectivity index (χ3v) is 3.99. The topological polar surface area (TPSA) is 78.6 Å². The van der Waals surface area contributed by atoms with Crippen molar-refractivity contribution in [1.29, 1.82) is 0 Å². The average molecular weight is 307 g/mol. The van der Waals surface area contributed by atoms with Crippen LogP contribution in [0.4, 0.5) is 8.78 Å². The van der Waals surface area contributed by atoms with Crippen molar-refractivity contribution in [3.05, 3.63) is 23.8 Å². The lowest BCUT2D eigenvalue weighted by atomic mass is 10.2. The molecule has 2 rings (SSSR count). The van der Waals surface area contributed by atoms with Crippen molar-refractivity contribution >= 4 is 10.0 Å². The van der Waals surface area contributed by atoms with Gasteiger partial charge < -0.3 is 9.47 Å². The molecular formula is C12H15F2NO4S. The zero-order valence-electron chi connectivity index (χ0n) is 10.8. The highest BCUT2D eigenvalue weighted by atomic mass is 32.2. The van der Waals surface area contributed by atoms with Crippen molar-refractivity contribution in [2.24, 2.45) is 5.14 Å². The Kier molecular flexibility index (Phi) is 4.26. The summed E-state index contributed by atoms with van der Waals surface area (Å²) in [6, 6.07) is 1.91. The number of ether oxygens (including phenoxy) is 2. The molecule has 2 N–H and O–H groups in total. The molecule has 1 aliphatic rings. The summed E-state index contributed by atoms with van der Waals surface area (Å²) in [6.07, 6.45) is 1.61. The Morgan fingerprint density at radius 3 is 2.60 bits per heavy atom. The van der Waals surface area contributed by atoms with Crippen LogP contribution in [0.2, 0.25) is 0 Å². The molecule has 0 radical (unpaired) electrons. The molecule has 0 aromatic heterocycles. The minimum absolute atomic E-state index is 0.0788. The van der Waals surface area contributed by atoms with Gasteiger partial charge >= 0.3 is 0 Å². The number of rotatable bonds is 4. The zero-order chi connectivity index (χ0) is 14.9. The number of hydrogen-bond donors (Lipinski definition) is 1. The second kappa shape index (κ2) is 5.63. The Hall–Kier alpha value is -1.25. The normalized spacial score (nSPS) is 23.0. The molecule has 1 heterocycles. The highest BCUT2D eigenvalue weighted by Crippen LogP contribution is 2.26. The minimum atomic E-state index is -4.31. The molecule has 0 saturated carbocycles. The molecule has 1 fully saturated rings. The summed E-state index contributed by atoms with van der Waals surface area (Å²) in [5.41, 5.74) is 0. The van der Waals surface area contributed by atoms with Gasteiger partial charge in [-0.2, -0.15) is 4.39 Å². The van der Waals surface area contributed by atoms with Gasteiger partial charge in [0.15, 0.2) is 11.6 Å². The van der Waals surface area contributed by atoms with Crippen LogP contribution in [0.15, 0.2) is 17.0 Å². The standard InChI is InChI=1S/C12H15F2NO4S/c1-7-2-3-8(19-7)6-18-9-4-5-10(20(15,16)17)12(14)11(9)13/h4-5,7-8H,2-3,6H2,1H3,(H2,15,16,17). The summed E-state index contributed by atoms with van der Waals surface area (Å²) in [5, 5.41) is 4.77. The Balaban J connectivity index is 2.12. The van der Waals surface area contributed by atoms with Crippen LogP contribution in [0.1, 0.15) is 19.8 Å². The van der Waals surface area contributed by atoms with Crippen molar-refractivity contribution in [2.75, 3.05) is 6.61 Å². The van der Waals surface area contributed by atoms with E-state index in [1.54, 1.807) is 0 Å². The first-order valence-corrected chi connectivity index (χ1v) is 7.62. The molecule has 1 aromatic rings. The quantitative estimate of drug-likeness (QED) is 0.915. The second-order valence-electron chi connectivity index (χ2n) is 4.69. The van der Waals surface area contributed by atoms with Gasteiger partial charge in [-0.25, -0.2) is 17.9 Å². The Bertz CT molecular complexity index is 606. The first-order valence-electron chi connectivity index (χ1n) is 6.08. The van der Waals surface area contributed by atoms with Gasteiger partial charge in [0, 0.05) is 0 Å². The third-order valence-electron chi connectivity index (χ3n) is 3.06. The molecule has 2 atom stereocenters. The van der Waals surface area contributed by atoms with Gasteiger partial charge in [-0.3, -0.25) is 0 Å². The van der Waals surface area contributed by atoms with Crippen LogP contribution in [0, 0.1) is 11.6 Å². The first kappa shape index (κ1) is 15.1. The summed E-state index contributed by atoms with van der Waals surface area (Å²) in [5.74, 6) is -3.27. The van der Waals surface area contributed by atoms with Crippen LogP contribution in [0.3, 0.4) is 0 Å². The molecule has 5 nitrogen and oxygen atoms in total. The largest absolute Gasteiger partial charge is 0.488 e. The van der Waals surface area contributed by atoms with E-state index in [-0.39, 0.29) is 24.6 Å². The summed E-state index contributed by atoms with van der Waals surface area (Å²) in [4.78, 5) is -0.895. The summed E-state index contributed by atoms with van der Waals surface area (Å²) < 4.78 is 59.9. The number of hydrogen-bond acceptors (Lipinski definition) is 4. The van der Waals surface area contributed by atoms with E-state index in [2.05, 4.69) is 0 Å². The lowest BCUT2D eigenvalue weighted by Crippen LogP contribution is -2.19. The maximum Gasteiger partial charge on any atom is 0.241 e. The van der Waals surface area contributed by atoms with E-state index in [4.69, 9.17) is 14.6 Å². The smallest absolute Gasteiger partial charge is 0.241 e. The fraction of sp³-hybridized carbons (Fsp3) is 0.500. The highest BCUT2D eigenvalue weighted by Gasteiger charge is 2.25. The maximum absolute atomic E-state index is 13.7. The number of sulfonamides is 1. The van der Waals surface area contributed by atoms with Crippen molar-refractivity contribution in [3.8, 4) is 5.75 Å². The first-order chi connectivity index (χ1) is 9.29. The summed E-state index contributed by atoms with van der Waals surface area (Å²) >= 11 is 0. The van der Waals surface area contributed by atoms with E-state index in [1.807, 2.05) is 6.92 Å². The van der Waals surface area contributed by atoms with Crippen LogP contribution in [-0.2, 0) is 14.8 Å². The van der Waals surface area contributed by atoms with Crippen LogP contribution >= 0.6 is 0 Å². The van der Waals surface area contributed by atoms with Gasteiger partial charge in [0.25, 0.3) is 0 Å². The Morgan fingerprint density at radius 2 is 2.05 bits per heavy atom. The summed E-state index contributed by atoms with van der Waals surface area (Å²) in [7, 11) is -4.31. The van der Waals surface area contributed by atoms with Crippen molar-refractivity contribution in [2.45, 2.75) is 36.9 Å². The van der Waals surface area contributed by atoms with Crippen molar-refractivity contribution in [1.82, 2.24) is 0 Å². The van der Waals surface area contributed by atoms with Gasteiger partial charge in [0.05, 0.1) is 12.2 Å². The third kappa shape index (κ3) is 3.25.